The first-order valence-electron chi connectivity index (χ1n) is 6.54. The molecule has 1 fully saturated rings. The highest BCUT2D eigenvalue weighted by molar-refractivity contribution is 8.17. The Labute approximate surface area is 122 Å². The van der Waals surface area contributed by atoms with E-state index in [0.717, 1.165) is 13.0 Å². The minimum Gasteiger partial charge on any atom is -0.466 e. The molecular weight excluding hydrogens is 278 g/mol. The lowest BCUT2D eigenvalue weighted by Crippen LogP contribution is -2.15. The van der Waals surface area contributed by atoms with Crippen LogP contribution in [0.3, 0.4) is 0 Å². The van der Waals surface area contributed by atoms with Crippen LogP contribution in [0.5, 0.6) is 0 Å². The zero-order chi connectivity index (χ0) is 13.5. The van der Waals surface area contributed by atoms with E-state index in [2.05, 4.69) is 23.5 Å². The van der Waals surface area contributed by atoms with Crippen molar-refractivity contribution >= 4 is 29.5 Å². The van der Waals surface area contributed by atoms with Gasteiger partial charge in [-0.05, 0) is 25.0 Å². The van der Waals surface area contributed by atoms with Crippen molar-refractivity contribution in [2.75, 3.05) is 18.9 Å². The Hall–Kier alpha value is -0.650. The quantitative estimate of drug-likeness (QED) is 0.817. The van der Waals surface area contributed by atoms with E-state index < -0.39 is 0 Å². The van der Waals surface area contributed by atoms with Crippen molar-refractivity contribution in [2.45, 2.75) is 29.4 Å². The second-order valence-corrected chi connectivity index (χ2v) is 6.85. The summed E-state index contributed by atoms with van der Waals surface area (Å²) >= 11 is 3.78. The van der Waals surface area contributed by atoms with Gasteiger partial charge in [0, 0.05) is 23.6 Å². The third kappa shape index (κ3) is 4.75. The Morgan fingerprint density at radius 1 is 1.53 bits per heavy atom. The van der Waals surface area contributed by atoms with Gasteiger partial charge in [-0.2, -0.15) is 0 Å². The number of nitrogens with one attached hydrogen (secondary N) is 1. The Kier molecular flexibility index (Phi) is 6.07. The summed E-state index contributed by atoms with van der Waals surface area (Å²) < 4.78 is 5.41. The number of ether oxygens (including phenoxy) is 1. The molecule has 1 N–H and O–H groups in total. The third-order valence-electron chi connectivity index (χ3n) is 2.79. The summed E-state index contributed by atoms with van der Waals surface area (Å²) in [6, 6.07) is 8.31. The predicted octanol–water partition coefficient (Wildman–Crippen LogP) is 2.89. The number of hydrogen-bond acceptors (Lipinski definition) is 5. The van der Waals surface area contributed by atoms with Crippen LogP contribution in [0.4, 0.5) is 0 Å². The summed E-state index contributed by atoms with van der Waals surface area (Å²) in [6.45, 7) is 3.37. The standard InChI is InChI=1S/C14H19NO2S2/c1-2-17-13(16)8-7-11-5-3-4-6-12(11)19-14-15-9-10-18-14/h3-6,14-15H,2,7-10H2,1H3. The molecule has 1 aliphatic rings. The van der Waals surface area contributed by atoms with Crippen molar-refractivity contribution < 1.29 is 9.53 Å². The van der Waals surface area contributed by atoms with Gasteiger partial charge in [-0.3, -0.25) is 10.1 Å². The summed E-state index contributed by atoms with van der Waals surface area (Å²) in [7, 11) is 0. The molecule has 19 heavy (non-hydrogen) atoms. The lowest BCUT2D eigenvalue weighted by molar-refractivity contribution is -0.143. The fourth-order valence-corrected chi connectivity index (χ4v) is 4.36. The second kappa shape index (κ2) is 7.82. The molecule has 0 aliphatic carbocycles. The largest absolute Gasteiger partial charge is 0.466 e. The first kappa shape index (κ1) is 14.8. The average molecular weight is 297 g/mol. The lowest BCUT2D eigenvalue weighted by atomic mass is 10.1. The Morgan fingerprint density at radius 2 is 2.37 bits per heavy atom. The number of thioether (sulfide) groups is 2. The SMILES string of the molecule is CCOC(=O)CCc1ccccc1SC1NCCS1. The highest BCUT2D eigenvalue weighted by atomic mass is 32.2. The van der Waals surface area contributed by atoms with Crippen LogP contribution >= 0.6 is 23.5 Å². The van der Waals surface area contributed by atoms with Crippen molar-refractivity contribution in [1.82, 2.24) is 5.32 Å². The van der Waals surface area contributed by atoms with E-state index in [-0.39, 0.29) is 5.97 Å². The second-order valence-electron chi connectivity index (χ2n) is 4.19. The summed E-state index contributed by atoms with van der Waals surface area (Å²) in [4.78, 5) is 12.7. The maximum Gasteiger partial charge on any atom is 0.306 e. The maximum atomic E-state index is 11.4. The first-order valence-corrected chi connectivity index (χ1v) is 8.47. The molecule has 1 atom stereocenters. The van der Waals surface area contributed by atoms with Gasteiger partial charge in [0.05, 0.1) is 6.61 Å². The summed E-state index contributed by atoms with van der Waals surface area (Å²) in [5.41, 5.74) is 1.23. The monoisotopic (exact) mass is 297 g/mol. The van der Waals surface area contributed by atoms with E-state index in [9.17, 15) is 4.79 Å². The molecule has 1 saturated heterocycles. The average Bonchev–Trinajstić information content (AvgIpc) is 2.91. The van der Waals surface area contributed by atoms with E-state index in [1.807, 2.05) is 36.5 Å². The van der Waals surface area contributed by atoms with Gasteiger partial charge >= 0.3 is 5.97 Å². The van der Waals surface area contributed by atoms with Crippen LogP contribution in [0.25, 0.3) is 0 Å². The summed E-state index contributed by atoms with van der Waals surface area (Å²) in [5, 5.41) is 3.45. The minimum atomic E-state index is -0.115. The van der Waals surface area contributed by atoms with Crippen LogP contribution in [0, 0.1) is 0 Å². The number of carbonyl (C=O) groups excluding carboxylic acids is 1. The Morgan fingerprint density at radius 3 is 3.11 bits per heavy atom. The molecule has 0 aromatic heterocycles. The van der Waals surface area contributed by atoms with Crippen LogP contribution in [0.2, 0.25) is 0 Å². The highest BCUT2D eigenvalue weighted by Crippen LogP contribution is 2.34. The molecule has 1 aromatic rings. The number of aryl methyl sites for hydroxylation is 1. The molecule has 1 unspecified atom stereocenters. The fourth-order valence-electron chi connectivity index (χ4n) is 1.89. The number of benzene rings is 1. The van der Waals surface area contributed by atoms with Crippen LogP contribution in [0.1, 0.15) is 18.9 Å². The molecule has 5 heteroatoms. The molecule has 1 aromatic carbocycles. The number of rotatable bonds is 6. The van der Waals surface area contributed by atoms with Crippen LogP contribution in [0.15, 0.2) is 29.2 Å². The van der Waals surface area contributed by atoms with Gasteiger partial charge in [0.15, 0.2) is 0 Å². The van der Waals surface area contributed by atoms with Crippen molar-refractivity contribution in [3.63, 3.8) is 0 Å². The van der Waals surface area contributed by atoms with Crippen molar-refractivity contribution in [3.8, 4) is 0 Å². The van der Waals surface area contributed by atoms with Gasteiger partial charge in [-0.1, -0.05) is 30.0 Å². The smallest absolute Gasteiger partial charge is 0.306 e. The number of carbonyl (C=O) groups is 1. The van der Waals surface area contributed by atoms with E-state index >= 15 is 0 Å². The number of esters is 1. The summed E-state index contributed by atoms with van der Waals surface area (Å²) in [5.74, 6) is 1.05. The van der Waals surface area contributed by atoms with Gasteiger partial charge in [0.25, 0.3) is 0 Å². The zero-order valence-corrected chi connectivity index (χ0v) is 12.7. The van der Waals surface area contributed by atoms with Gasteiger partial charge in [0.1, 0.15) is 4.71 Å². The molecule has 0 amide bonds. The van der Waals surface area contributed by atoms with Crippen molar-refractivity contribution in [3.05, 3.63) is 29.8 Å². The number of hydrogen-bond donors (Lipinski definition) is 1. The lowest BCUT2D eigenvalue weighted by Gasteiger charge is -2.13. The normalized spacial score (nSPS) is 18.5. The third-order valence-corrected chi connectivity index (χ3v) is 5.43. The van der Waals surface area contributed by atoms with E-state index in [1.165, 1.54) is 16.2 Å². The van der Waals surface area contributed by atoms with Crippen LogP contribution in [-0.2, 0) is 16.0 Å². The molecule has 0 bridgehead atoms. The van der Waals surface area contributed by atoms with E-state index in [1.54, 1.807) is 0 Å². The van der Waals surface area contributed by atoms with Crippen LogP contribution in [-0.4, -0.2) is 29.6 Å². The Bertz CT molecular complexity index is 420. The minimum absolute atomic E-state index is 0.115. The molecule has 0 saturated carbocycles. The van der Waals surface area contributed by atoms with E-state index in [0.29, 0.717) is 17.7 Å². The maximum absolute atomic E-state index is 11.4. The van der Waals surface area contributed by atoms with Gasteiger partial charge in [-0.25, -0.2) is 0 Å². The molecule has 0 spiro atoms. The zero-order valence-electron chi connectivity index (χ0n) is 11.1. The summed E-state index contributed by atoms with van der Waals surface area (Å²) in [6.07, 6.45) is 1.20. The van der Waals surface area contributed by atoms with Crippen molar-refractivity contribution in [1.29, 1.82) is 0 Å². The van der Waals surface area contributed by atoms with Gasteiger partial charge < -0.3 is 4.74 Å². The highest BCUT2D eigenvalue weighted by Gasteiger charge is 2.17. The molecule has 3 nitrogen and oxygen atoms in total. The van der Waals surface area contributed by atoms with Crippen LogP contribution < -0.4 is 5.32 Å². The first-order chi connectivity index (χ1) is 9.29. The molecule has 1 heterocycles. The molecule has 0 radical (unpaired) electrons. The molecule has 1 aliphatic heterocycles. The van der Waals surface area contributed by atoms with Crippen molar-refractivity contribution in [2.24, 2.45) is 0 Å². The van der Waals surface area contributed by atoms with Gasteiger partial charge in [0.2, 0.25) is 0 Å². The Balaban J connectivity index is 1.93. The topological polar surface area (TPSA) is 38.3 Å². The molecule has 104 valence electrons. The molecular formula is C14H19NO2S2. The van der Waals surface area contributed by atoms with E-state index in [4.69, 9.17) is 4.74 Å². The fraction of sp³-hybridized carbons (Fsp3) is 0.500. The molecule has 2 rings (SSSR count). The van der Waals surface area contributed by atoms with Gasteiger partial charge in [-0.15, -0.1) is 11.8 Å². The predicted molar refractivity (Wildman–Crippen MR) is 81.5 cm³/mol.